The molecule has 0 radical (unpaired) electrons. The Balaban J connectivity index is 1.53. The molecule has 0 aliphatic heterocycles. The second-order valence-electron chi connectivity index (χ2n) is 9.60. The molecule has 0 heterocycles. The molecular weight excluding hydrogens is 470 g/mol. The molecule has 0 bridgehead atoms. The summed E-state index contributed by atoms with van der Waals surface area (Å²) in [4.78, 5) is 12.4. The molecule has 200 valence electrons. The van der Waals surface area contributed by atoms with Crippen LogP contribution in [0.1, 0.15) is 107 Å². The number of amides is 1. The molecule has 7 heteroatoms. The lowest BCUT2D eigenvalue weighted by atomic mass is 10.0. The lowest BCUT2D eigenvalue weighted by Crippen LogP contribution is -2.30. The summed E-state index contributed by atoms with van der Waals surface area (Å²) in [5, 5.41) is 3.37. The van der Waals surface area contributed by atoms with Gasteiger partial charge in [-0.1, -0.05) is 90.4 Å². The van der Waals surface area contributed by atoms with Crippen LogP contribution < -0.4 is 15.8 Å². The molecule has 0 spiro atoms. The lowest BCUT2D eigenvalue weighted by molar-refractivity contribution is 0.0981. The van der Waals surface area contributed by atoms with E-state index in [1.165, 1.54) is 108 Å². The number of benzene rings is 2. The Kier molecular flexibility index (Phi) is 14.0. The molecule has 2 aromatic carbocycles. The molecule has 0 atom stereocenters. The van der Waals surface area contributed by atoms with E-state index in [0.29, 0.717) is 5.69 Å². The van der Waals surface area contributed by atoms with E-state index in [0.717, 1.165) is 18.7 Å². The SMILES string of the molecule is CCCCCCCCCCCCCCCCNc1ccc(C(=O)NS(=O)(=O)c2ccc(N)cc2)cc1. The van der Waals surface area contributed by atoms with E-state index in [1.54, 1.807) is 24.3 Å². The molecule has 4 N–H and O–H groups in total. The number of carbonyl (C=O) groups excluding carboxylic acids is 1. The Labute approximate surface area is 218 Å². The zero-order chi connectivity index (χ0) is 26.1. The fraction of sp³-hybridized carbons (Fsp3) is 0.552. The molecule has 2 rings (SSSR count). The maximum atomic E-state index is 12.4. The van der Waals surface area contributed by atoms with E-state index in [1.807, 2.05) is 0 Å². The maximum absolute atomic E-state index is 12.4. The zero-order valence-electron chi connectivity index (χ0n) is 21.9. The number of unbranched alkanes of at least 4 members (excludes halogenated alkanes) is 13. The van der Waals surface area contributed by atoms with Crippen LogP contribution in [0.25, 0.3) is 0 Å². The second kappa shape index (κ2) is 17.0. The van der Waals surface area contributed by atoms with E-state index in [2.05, 4.69) is 17.0 Å². The van der Waals surface area contributed by atoms with Crippen LogP contribution >= 0.6 is 0 Å². The number of nitrogens with one attached hydrogen (secondary N) is 2. The zero-order valence-corrected chi connectivity index (χ0v) is 22.8. The van der Waals surface area contributed by atoms with Gasteiger partial charge >= 0.3 is 0 Å². The third-order valence-corrected chi connectivity index (χ3v) is 7.77. The average Bonchev–Trinajstić information content (AvgIpc) is 2.86. The molecule has 6 nitrogen and oxygen atoms in total. The molecule has 0 aromatic heterocycles. The third-order valence-electron chi connectivity index (χ3n) is 6.42. The Hall–Kier alpha value is -2.54. The average molecular weight is 516 g/mol. The molecule has 0 saturated heterocycles. The van der Waals surface area contributed by atoms with Crippen LogP contribution in [0.4, 0.5) is 11.4 Å². The van der Waals surface area contributed by atoms with Gasteiger partial charge in [-0.2, -0.15) is 0 Å². The summed E-state index contributed by atoms with van der Waals surface area (Å²) in [6.07, 6.45) is 18.8. The first-order valence-corrected chi connectivity index (χ1v) is 15.2. The van der Waals surface area contributed by atoms with Crippen LogP contribution in [0.2, 0.25) is 0 Å². The van der Waals surface area contributed by atoms with Crippen molar-refractivity contribution in [2.45, 2.75) is 102 Å². The van der Waals surface area contributed by atoms with Gasteiger partial charge < -0.3 is 11.1 Å². The van der Waals surface area contributed by atoms with Gasteiger partial charge in [0.2, 0.25) is 0 Å². The maximum Gasteiger partial charge on any atom is 0.264 e. The van der Waals surface area contributed by atoms with Gasteiger partial charge in [0, 0.05) is 23.5 Å². The van der Waals surface area contributed by atoms with Gasteiger partial charge in [-0.15, -0.1) is 0 Å². The highest BCUT2D eigenvalue weighted by Gasteiger charge is 2.18. The highest BCUT2D eigenvalue weighted by atomic mass is 32.2. The molecular formula is C29H45N3O3S. The Morgan fingerprint density at radius 3 is 1.67 bits per heavy atom. The fourth-order valence-electron chi connectivity index (χ4n) is 4.18. The van der Waals surface area contributed by atoms with Crippen molar-refractivity contribution in [2.75, 3.05) is 17.6 Å². The van der Waals surface area contributed by atoms with E-state index in [4.69, 9.17) is 5.73 Å². The van der Waals surface area contributed by atoms with Gasteiger partial charge in [0.05, 0.1) is 4.90 Å². The van der Waals surface area contributed by atoms with Crippen LogP contribution in [0.3, 0.4) is 0 Å². The number of carbonyl (C=O) groups is 1. The fourth-order valence-corrected chi connectivity index (χ4v) is 5.15. The number of rotatable bonds is 19. The van der Waals surface area contributed by atoms with Crippen molar-refractivity contribution in [3.05, 3.63) is 54.1 Å². The van der Waals surface area contributed by atoms with Gasteiger partial charge in [-0.05, 0) is 55.0 Å². The predicted molar refractivity (Wildman–Crippen MR) is 151 cm³/mol. The number of nitrogens with two attached hydrogens (primary N) is 1. The second-order valence-corrected chi connectivity index (χ2v) is 11.3. The number of sulfonamides is 1. The van der Waals surface area contributed by atoms with Crippen molar-refractivity contribution >= 4 is 27.3 Å². The van der Waals surface area contributed by atoms with E-state index < -0.39 is 15.9 Å². The minimum atomic E-state index is -3.94. The predicted octanol–water partition coefficient (Wildman–Crippen LogP) is 7.28. The van der Waals surface area contributed by atoms with Crippen LogP contribution in [-0.2, 0) is 10.0 Å². The van der Waals surface area contributed by atoms with Crippen molar-refractivity contribution in [1.29, 1.82) is 0 Å². The molecule has 36 heavy (non-hydrogen) atoms. The van der Waals surface area contributed by atoms with Crippen LogP contribution in [0.5, 0.6) is 0 Å². The first-order valence-electron chi connectivity index (χ1n) is 13.7. The number of anilines is 2. The van der Waals surface area contributed by atoms with Crippen molar-refractivity contribution in [3.63, 3.8) is 0 Å². The molecule has 0 aliphatic rings. The number of hydrogen-bond acceptors (Lipinski definition) is 5. The van der Waals surface area contributed by atoms with Gasteiger partial charge in [0.1, 0.15) is 0 Å². The van der Waals surface area contributed by atoms with E-state index in [9.17, 15) is 13.2 Å². The monoisotopic (exact) mass is 515 g/mol. The molecule has 0 saturated carbocycles. The van der Waals surface area contributed by atoms with Crippen LogP contribution in [0, 0.1) is 0 Å². The highest BCUT2D eigenvalue weighted by Crippen LogP contribution is 2.15. The minimum Gasteiger partial charge on any atom is -0.399 e. The summed E-state index contributed by atoms with van der Waals surface area (Å²) < 4.78 is 26.9. The standard InChI is InChI=1S/C29H45N3O3S/c1-2-3-4-5-6-7-8-9-10-11-12-13-14-15-24-31-27-20-16-25(17-21-27)29(33)32-36(34,35)28-22-18-26(30)19-23-28/h16-23,31H,2-15,24,30H2,1H3,(H,32,33). The third kappa shape index (κ3) is 11.9. The normalized spacial score (nSPS) is 11.4. The highest BCUT2D eigenvalue weighted by molar-refractivity contribution is 7.90. The summed E-state index contributed by atoms with van der Waals surface area (Å²) in [6, 6.07) is 12.6. The van der Waals surface area contributed by atoms with Gasteiger partial charge in [0.15, 0.2) is 0 Å². The summed E-state index contributed by atoms with van der Waals surface area (Å²) >= 11 is 0. The topological polar surface area (TPSA) is 101 Å². The van der Waals surface area contributed by atoms with Crippen molar-refractivity contribution in [3.8, 4) is 0 Å². The van der Waals surface area contributed by atoms with Gasteiger partial charge in [0.25, 0.3) is 15.9 Å². The van der Waals surface area contributed by atoms with Gasteiger partial charge in [-0.3, -0.25) is 4.79 Å². The Morgan fingerprint density at radius 2 is 1.17 bits per heavy atom. The summed E-state index contributed by atoms with van der Waals surface area (Å²) in [7, 11) is -3.94. The van der Waals surface area contributed by atoms with Crippen LogP contribution in [0.15, 0.2) is 53.4 Å². The molecule has 0 fully saturated rings. The van der Waals surface area contributed by atoms with Crippen LogP contribution in [-0.4, -0.2) is 20.9 Å². The number of nitrogen functional groups attached to an aromatic ring is 1. The smallest absolute Gasteiger partial charge is 0.264 e. The van der Waals surface area contributed by atoms with Crippen molar-refractivity contribution in [1.82, 2.24) is 4.72 Å². The lowest BCUT2D eigenvalue weighted by Gasteiger charge is -2.09. The first kappa shape index (κ1) is 29.7. The largest absolute Gasteiger partial charge is 0.399 e. The molecule has 2 aromatic rings. The summed E-state index contributed by atoms with van der Waals surface area (Å²) in [6.45, 7) is 3.15. The van der Waals surface area contributed by atoms with Crippen molar-refractivity contribution in [2.24, 2.45) is 0 Å². The quantitative estimate of drug-likeness (QED) is 0.135. The summed E-state index contributed by atoms with van der Waals surface area (Å²) in [5.41, 5.74) is 7.25. The minimum absolute atomic E-state index is 0.00324. The molecule has 0 unspecified atom stereocenters. The Morgan fingerprint density at radius 1 is 0.694 bits per heavy atom. The summed E-state index contributed by atoms with van der Waals surface area (Å²) in [5.74, 6) is -0.662. The first-order chi connectivity index (χ1) is 17.4. The molecule has 1 amide bonds. The molecule has 0 aliphatic carbocycles. The van der Waals surface area contributed by atoms with Gasteiger partial charge in [-0.25, -0.2) is 13.1 Å². The van der Waals surface area contributed by atoms with E-state index in [-0.39, 0.29) is 10.5 Å². The number of hydrogen-bond donors (Lipinski definition) is 3. The van der Waals surface area contributed by atoms with E-state index >= 15 is 0 Å². The Bertz CT molecular complexity index is 974. The van der Waals surface area contributed by atoms with Crippen molar-refractivity contribution < 1.29 is 13.2 Å².